The van der Waals surface area contributed by atoms with Crippen LogP contribution in [0.4, 0.5) is 0 Å². The highest BCUT2D eigenvalue weighted by Gasteiger charge is 2.31. The molecule has 2 N–H and O–H groups in total. The third kappa shape index (κ3) is 5.20. The number of piperidine rings is 1. The predicted molar refractivity (Wildman–Crippen MR) is 86.5 cm³/mol. The molecule has 0 amide bonds. The summed E-state index contributed by atoms with van der Waals surface area (Å²) in [6.45, 7) is 6.53. The predicted octanol–water partition coefficient (Wildman–Crippen LogP) is 1.87. The van der Waals surface area contributed by atoms with Crippen LogP contribution >= 0.6 is 0 Å². The van der Waals surface area contributed by atoms with Gasteiger partial charge < -0.3 is 20.1 Å². The first-order valence-corrected chi connectivity index (χ1v) is 8.88. The second kappa shape index (κ2) is 9.09. The van der Waals surface area contributed by atoms with Gasteiger partial charge in [0, 0.05) is 25.7 Å². The Labute approximate surface area is 130 Å². The molecule has 1 heterocycles. The normalized spacial score (nSPS) is 32.4. The highest BCUT2D eigenvalue weighted by atomic mass is 16.5. The van der Waals surface area contributed by atoms with Crippen LogP contribution < -0.4 is 5.32 Å². The largest absolute Gasteiger partial charge is 0.394 e. The van der Waals surface area contributed by atoms with E-state index in [9.17, 15) is 0 Å². The number of hydrogen-bond donors (Lipinski definition) is 2. The summed E-state index contributed by atoms with van der Waals surface area (Å²) >= 11 is 0. The lowest BCUT2D eigenvalue weighted by molar-refractivity contribution is -0.0125. The molecule has 2 fully saturated rings. The molecular weight excluding hydrogens is 264 g/mol. The van der Waals surface area contributed by atoms with Crippen LogP contribution in [0.5, 0.6) is 0 Å². The molecule has 1 saturated carbocycles. The molecule has 124 valence electrons. The van der Waals surface area contributed by atoms with E-state index in [0.717, 1.165) is 37.8 Å². The molecule has 0 aromatic heterocycles. The molecule has 2 aliphatic rings. The molecule has 2 rings (SSSR count). The fourth-order valence-corrected chi connectivity index (χ4v) is 4.12. The second-order valence-electron chi connectivity index (χ2n) is 6.84. The zero-order valence-electron chi connectivity index (χ0n) is 13.9. The molecule has 4 heteroatoms. The fourth-order valence-electron chi connectivity index (χ4n) is 4.12. The zero-order chi connectivity index (χ0) is 15.1. The Morgan fingerprint density at radius 3 is 2.57 bits per heavy atom. The maximum Gasteiger partial charge on any atom is 0.0701 e. The van der Waals surface area contributed by atoms with Gasteiger partial charge in [-0.25, -0.2) is 0 Å². The molecule has 0 spiro atoms. The Morgan fingerprint density at radius 2 is 1.95 bits per heavy atom. The van der Waals surface area contributed by atoms with Gasteiger partial charge in [0.25, 0.3) is 0 Å². The molecule has 3 atom stereocenters. The summed E-state index contributed by atoms with van der Waals surface area (Å²) < 4.78 is 5.66. The van der Waals surface area contributed by atoms with Crippen LogP contribution in [0, 0.1) is 11.8 Å². The van der Waals surface area contributed by atoms with Crippen molar-refractivity contribution >= 4 is 0 Å². The SMILES string of the molecule is CCC1CCC(NC)C(CN2CCC(OCCO)CC2)C1. The minimum atomic E-state index is 0.143. The van der Waals surface area contributed by atoms with Crippen LogP contribution in [-0.2, 0) is 4.74 Å². The van der Waals surface area contributed by atoms with Crippen LogP contribution in [0.3, 0.4) is 0 Å². The molecule has 0 radical (unpaired) electrons. The van der Waals surface area contributed by atoms with Gasteiger partial charge in [-0.15, -0.1) is 0 Å². The van der Waals surface area contributed by atoms with Gasteiger partial charge in [0.05, 0.1) is 19.3 Å². The van der Waals surface area contributed by atoms with Crippen molar-refractivity contribution in [1.82, 2.24) is 10.2 Å². The fraction of sp³-hybridized carbons (Fsp3) is 1.00. The first-order valence-electron chi connectivity index (χ1n) is 8.88. The molecule has 0 aromatic carbocycles. The van der Waals surface area contributed by atoms with E-state index < -0.39 is 0 Å². The van der Waals surface area contributed by atoms with Gasteiger partial charge in [-0.3, -0.25) is 0 Å². The van der Waals surface area contributed by atoms with Crippen LogP contribution in [-0.4, -0.2) is 62.0 Å². The summed E-state index contributed by atoms with van der Waals surface area (Å²) in [6, 6.07) is 0.705. The Bertz CT molecular complexity index is 280. The van der Waals surface area contributed by atoms with Gasteiger partial charge in [0.1, 0.15) is 0 Å². The average Bonchev–Trinajstić information content (AvgIpc) is 2.54. The summed E-state index contributed by atoms with van der Waals surface area (Å²) in [7, 11) is 2.12. The monoisotopic (exact) mass is 298 g/mol. The maximum atomic E-state index is 8.83. The van der Waals surface area contributed by atoms with Crippen LogP contribution in [0.1, 0.15) is 45.4 Å². The van der Waals surface area contributed by atoms with Gasteiger partial charge >= 0.3 is 0 Å². The van der Waals surface area contributed by atoms with Gasteiger partial charge in [-0.2, -0.15) is 0 Å². The number of rotatable bonds is 7. The summed E-state index contributed by atoms with van der Waals surface area (Å²) in [5.41, 5.74) is 0. The summed E-state index contributed by atoms with van der Waals surface area (Å²) in [4.78, 5) is 2.63. The lowest BCUT2D eigenvalue weighted by Crippen LogP contribution is -2.47. The molecule has 0 aromatic rings. The van der Waals surface area contributed by atoms with Gasteiger partial charge in [-0.05, 0) is 51.0 Å². The van der Waals surface area contributed by atoms with E-state index in [1.54, 1.807) is 0 Å². The first-order chi connectivity index (χ1) is 10.3. The highest BCUT2D eigenvalue weighted by molar-refractivity contribution is 4.86. The molecule has 4 nitrogen and oxygen atoms in total. The van der Waals surface area contributed by atoms with Crippen LogP contribution in [0.15, 0.2) is 0 Å². The molecule has 1 saturated heterocycles. The Balaban J connectivity index is 1.75. The van der Waals surface area contributed by atoms with Crippen LogP contribution in [0.25, 0.3) is 0 Å². The van der Waals surface area contributed by atoms with Gasteiger partial charge in [0.2, 0.25) is 0 Å². The maximum absolute atomic E-state index is 8.83. The lowest BCUT2D eigenvalue weighted by atomic mass is 9.76. The summed E-state index contributed by atoms with van der Waals surface area (Å²) in [5.74, 6) is 1.74. The van der Waals surface area contributed by atoms with Gasteiger partial charge in [0.15, 0.2) is 0 Å². The molecule has 21 heavy (non-hydrogen) atoms. The topological polar surface area (TPSA) is 44.7 Å². The van der Waals surface area contributed by atoms with Crippen molar-refractivity contribution in [1.29, 1.82) is 0 Å². The van der Waals surface area contributed by atoms with E-state index in [2.05, 4.69) is 24.2 Å². The smallest absolute Gasteiger partial charge is 0.0701 e. The van der Waals surface area contributed by atoms with Crippen molar-refractivity contribution in [2.24, 2.45) is 11.8 Å². The van der Waals surface area contributed by atoms with Crippen molar-refractivity contribution in [3.05, 3.63) is 0 Å². The highest BCUT2D eigenvalue weighted by Crippen LogP contribution is 2.32. The van der Waals surface area contributed by atoms with Crippen molar-refractivity contribution < 1.29 is 9.84 Å². The van der Waals surface area contributed by atoms with E-state index in [4.69, 9.17) is 9.84 Å². The third-order valence-corrected chi connectivity index (χ3v) is 5.51. The minimum Gasteiger partial charge on any atom is -0.394 e. The number of nitrogens with one attached hydrogen (secondary N) is 1. The lowest BCUT2D eigenvalue weighted by Gasteiger charge is -2.40. The summed E-state index contributed by atoms with van der Waals surface area (Å²) in [5, 5.41) is 12.4. The van der Waals surface area contributed by atoms with Crippen molar-refractivity contribution in [3.8, 4) is 0 Å². The third-order valence-electron chi connectivity index (χ3n) is 5.51. The zero-order valence-corrected chi connectivity index (χ0v) is 13.9. The number of aliphatic hydroxyl groups is 1. The first kappa shape index (κ1) is 17.2. The minimum absolute atomic E-state index is 0.143. The quantitative estimate of drug-likeness (QED) is 0.753. The number of likely N-dealkylation sites (tertiary alicyclic amines) is 1. The second-order valence-corrected chi connectivity index (χ2v) is 6.84. The molecule has 1 aliphatic carbocycles. The number of hydrogen-bond acceptors (Lipinski definition) is 4. The standard InChI is InChI=1S/C17H34N2O2/c1-3-14-4-5-17(18-2)15(12-14)13-19-8-6-16(7-9-19)21-11-10-20/h14-18,20H,3-13H2,1-2H3. The number of nitrogens with zero attached hydrogens (tertiary/aromatic N) is 1. The number of aliphatic hydroxyl groups excluding tert-OH is 1. The van der Waals surface area contributed by atoms with Gasteiger partial charge in [-0.1, -0.05) is 13.3 Å². The molecule has 3 unspecified atom stereocenters. The van der Waals surface area contributed by atoms with E-state index in [1.807, 2.05) is 0 Å². The number of ether oxygens (including phenoxy) is 1. The van der Waals surface area contributed by atoms with Crippen molar-refractivity contribution in [2.45, 2.75) is 57.6 Å². The average molecular weight is 298 g/mol. The Kier molecular flexibility index (Phi) is 7.44. The summed E-state index contributed by atoms with van der Waals surface area (Å²) in [6.07, 6.45) is 8.07. The van der Waals surface area contributed by atoms with E-state index in [0.29, 0.717) is 18.8 Å². The van der Waals surface area contributed by atoms with E-state index >= 15 is 0 Å². The Morgan fingerprint density at radius 1 is 1.19 bits per heavy atom. The van der Waals surface area contributed by atoms with Crippen molar-refractivity contribution in [3.63, 3.8) is 0 Å². The van der Waals surface area contributed by atoms with Crippen molar-refractivity contribution in [2.75, 3.05) is 39.9 Å². The van der Waals surface area contributed by atoms with E-state index in [1.165, 1.54) is 32.2 Å². The van der Waals surface area contributed by atoms with Crippen LogP contribution in [0.2, 0.25) is 0 Å². The molecule has 0 bridgehead atoms. The molecular formula is C17H34N2O2. The Hall–Kier alpha value is -0.160. The van der Waals surface area contributed by atoms with E-state index in [-0.39, 0.29) is 6.61 Å². The molecule has 1 aliphatic heterocycles.